The molecule has 0 bridgehead atoms. The molecule has 2 unspecified atom stereocenters. The normalized spacial score (nSPS) is 20.2. The first kappa shape index (κ1) is 18.3. The second kappa shape index (κ2) is 9.30. The van der Waals surface area contributed by atoms with Crippen LogP contribution in [0.5, 0.6) is 0 Å². The van der Waals surface area contributed by atoms with E-state index in [0.717, 1.165) is 31.6 Å². The number of nitrogens with two attached hydrogens (primary N) is 1. The lowest BCUT2D eigenvalue weighted by atomic mass is 9.98. The summed E-state index contributed by atoms with van der Waals surface area (Å²) in [5.41, 5.74) is 8.19. The Labute approximate surface area is 154 Å². The van der Waals surface area contributed by atoms with E-state index < -0.39 is 0 Å². The van der Waals surface area contributed by atoms with Crippen molar-refractivity contribution in [3.63, 3.8) is 0 Å². The molecule has 1 fully saturated rings. The zero-order valence-electron chi connectivity index (χ0n) is 15.1. The van der Waals surface area contributed by atoms with Gasteiger partial charge in [-0.1, -0.05) is 12.8 Å². The van der Waals surface area contributed by atoms with Gasteiger partial charge in [0.05, 0.1) is 11.1 Å². The van der Waals surface area contributed by atoms with Crippen LogP contribution in [0, 0.1) is 12.8 Å². The summed E-state index contributed by atoms with van der Waals surface area (Å²) < 4.78 is 6.21. The summed E-state index contributed by atoms with van der Waals surface area (Å²) in [6.45, 7) is 2.96. The molecule has 3 rings (SSSR count). The van der Waals surface area contributed by atoms with Crippen LogP contribution < -0.4 is 5.73 Å². The maximum absolute atomic E-state index is 6.21. The van der Waals surface area contributed by atoms with Crippen molar-refractivity contribution in [2.45, 2.75) is 64.4 Å². The fraction of sp³-hybridized carbons (Fsp3) is 0.600. The Morgan fingerprint density at radius 3 is 2.96 bits per heavy atom. The average molecular weight is 360 g/mol. The quantitative estimate of drug-likeness (QED) is 0.666. The minimum absolute atomic E-state index is 0.391. The summed E-state index contributed by atoms with van der Waals surface area (Å²) in [7, 11) is 0. The number of aryl methyl sites for hydroxylation is 2. The molecule has 0 aliphatic heterocycles. The monoisotopic (exact) mass is 359 g/mol. The van der Waals surface area contributed by atoms with Gasteiger partial charge in [0.15, 0.2) is 0 Å². The molecule has 0 amide bonds. The summed E-state index contributed by atoms with van der Waals surface area (Å²) in [6, 6.07) is 4.09. The number of nitrogens with zero attached hydrogens (tertiary/aromatic N) is 2. The molecule has 25 heavy (non-hydrogen) atoms. The molecule has 2 aromatic rings. The molecule has 1 aliphatic carbocycles. The van der Waals surface area contributed by atoms with Gasteiger partial charge >= 0.3 is 0 Å². The predicted molar refractivity (Wildman–Crippen MR) is 104 cm³/mol. The van der Waals surface area contributed by atoms with Crippen molar-refractivity contribution >= 4 is 17.2 Å². The Bertz CT molecular complexity index is 624. The molecule has 136 valence electrons. The number of rotatable bonds is 9. The van der Waals surface area contributed by atoms with Gasteiger partial charge in [0, 0.05) is 23.9 Å². The third kappa shape index (κ3) is 5.79. The molecule has 2 aromatic heterocycles. The Kier molecular flexibility index (Phi) is 6.82. The van der Waals surface area contributed by atoms with Gasteiger partial charge in [-0.15, -0.1) is 11.3 Å². The molecule has 0 spiro atoms. The van der Waals surface area contributed by atoms with Crippen LogP contribution in [-0.2, 0) is 17.6 Å². The second-order valence-corrected chi connectivity index (χ2v) is 8.08. The highest BCUT2D eigenvalue weighted by molar-refractivity contribution is 7.09. The Hall–Kier alpha value is -1.46. The fourth-order valence-corrected chi connectivity index (χ4v) is 4.43. The fourth-order valence-electron chi connectivity index (χ4n) is 3.76. The molecule has 4 nitrogen and oxygen atoms in total. The summed E-state index contributed by atoms with van der Waals surface area (Å²) in [6.07, 6.45) is 11.6. The number of ether oxygens (including phenoxy) is 1. The van der Waals surface area contributed by atoms with Crippen molar-refractivity contribution in [3.8, 4) is 0 Å². The molecule has 1 saturated carbocycles. The van der Waals surface area contributed by atoms with Crippen molar-refractivity contribution in [1.82, 2.24) is 9.97 Å². The van der Waals surface area contributed by atoms with Crippen molar-refractivity contribution in [1.29, 1.82) is 0 Å². The van der Waals surface area contributed by atoms with Crippen molar-refractivity contribution in [3.05, 3.63) is 40.0 Å². The van der Waals surface area contributed by atoms with Gasteiger partial charge in [-0.2, -0.15) is 0 Å². The highest BCUT2D eigenvalue weighted by Gasteiger charge is 2.28. The lowest BCUT2D eigenvalue weighted by Gasteiger charge is -2.20. The van der Waals surface area contributed by atoms with E-state index in [1.54, 1.807) is 11.3 Å². The number of hydrogen-bond acceptors (Lipinski definition) is 5. The van der Waals surface area contributed by atoms with E-state index in [-0.39, 0.29) is 0 Å². The number of unbranched alkanes of at least 4 members (excludes halogenated alkanes) is 2. The molecule has 5 heteroatoms. The zero-order valence-corrected chi connectivity index (χ0v) is 15.9. The van der Waals surface area contributed by atoms with Gasteiger partial charge in [0.2, 0.25) is 0 Å². The minimum atomic E-state index is 0.391. The van der Waals surface area contributed by atoms with Crippen molar-refractivity contribution in [2.75, 3.05) is 12.3 Å². The summed E-state index contributed by atoms with van der Waals surface area (Å²) in [5.74, 6) is 1.22. The van der Waals surface area contributed by atoms with E-state index >= 15 is 0 Å². The summed E-state index contributed by atoms with van der Waals surface area (Å²) >= 11 is 1.75. The van der Waals surface area contributed by atoms with Crippen molar-refractivity contribution < 1.29 is 4.74 Å². The van der Waals surface area contributed by atoms with E-state index in [0.29, 0.717) is 17.8 Å². The van der Waals surface area contributed by atoms with Crippen LogP contribution in [0.25, 0.3) is 0 Å². The third-order valence-electron chi connectivity index (χ3n) is 4.95. The van der Waals surface area contributed by atoms with Gasteiger partial charge in [-0.05, 0) is 69.1 Å². The Morgan fingerprint density at radius 1 is 1.24 bits per heavy atom. The zero-order chi connectivity index (χ0) is 17.5. The topological polar surface area (TPSA) is 61.0 Å². The van der Waals surface area contributed by atoms with Crippen LogP contribution in [0.4, 0.5) is 5.82 Å². The molecule has 2 heterocycles. The highest BCUT2D eigenvalue weighted by atomic mass is 32.1. The highest BCUT2D eigenvalue weighted by Crippen LogP contribution is 2.31. The van der Waals surface area contributed by atoms with Crippen molar-refractivity contribution in [2.24, 2.45) is 5.92 Å². The first-order valence-corrected chi connectivity index (χ1v) is 10.3. The Morgan fingerprint density at radius 2 is 2.16 bits per heavy atom. The maximum atomic E-state index is 6.21. The molecule has 2 N–H and O–H groups in total. The molecule has 2 atom stereocenters. The third-order valence-corrected chi connectivity index (χ3v) is 5.79. The first-order valence-electron chi connectivity index (χ1n) is 9.44. The summed E-state index contributed by atoms with van der Waals surface area (Å²) in [4.78, 5) is 8.83. The first-order chi connectivity index (χ1) is 12.2. The number of nitrogen functional groups attached to an aromatic ring is 1. The average Bonchev–Trinajstić information content (AvgIpc) is 3.22. The lowest BCUT2D eigenvalue weighted by molar-refractivity contribution is 0.0254. The van der Waals surface area contributed by atoms with E-state index in [1.165, 1.54) is 42.7 Å². The van der Waals surface area contributed by atoms with Crippen LogP contribution in [0.3, 0.4) is 0 Å². The Balaban J connectivity index is 1.36. The SMILES string of the molecule is Cc1cc(N)nc(CC2CCCC2OCCCCCc2nccs2)c1. The molecule has 0 saturated heterocycles. The predicted octanol–water partition coefficient (Wildman–Crippen LogP) is 4.57. The standard InChI is InChI=1S/C20H29N3OS/c1-15-12-17(23-19(21)13-15)14-16-6-5-7-18(16)24-10-4-2-3-8-20-22-9-11-25-20/h9,11-13,16,18H,2-8,10,14H2,1H3,(H2,21,23). The number of hydrogen-bond donors (Lipinski definition) is 1. The molecule has 0 aromatic carbocycles. The smallest absolute Gasteiger partial charge is 0.123 e. The molecule has 0 radical (unpaired) electrons. The molecule has 1 aliphatic rings. The minimum Gasteiger partial charge on any atom is -0.384 e. The van der Waals surface area contributed by atoms with Crippen LogP contribution >= 0.6 is 11.3 Å². The van der Waals surface area contributed by atoms with Crippen LogP contribution in [-0.4, -0.2) is 22.7 Å². The number of aromatic nitrogens is 2. The van der Waals surface area contributed by atoms with Gasteiger partial charge in [-0.3, -0.25) is 0 Å². The number of anilines is 1. The van der Waals surface area contributed by atoms with Gasteiger partial charge in [-0.25, -0.2) is 9.97 Å². The maximum Gasteiger partial charge on any atom is 0.123 e. The van der Waals surface area contributed by atoms with E-state index in [4.69, 9.17) is 10.5 Å². The van der Waals surface area contributed by atoms with Crippen LogP contribution in [0.15, 0.2) is 23.7 Å². The number of thiazole rings is 1. The lowest BCUT2D eigenvalue weighted by Crippen LogP contribution is -2.21. The van der Waals surface area contributed by atoms with Crippen LogP contribution in [0.1, 0.15) is 54.8 Å². The number of pyridine rings is 1. The molecular weight excluding hydrogens is 330 g/mol. The van der Waals surface area contributed by atoms with Gasteiger partial charge in [0.1, 0.15) is 5.82 Å². The van der Waals surface area contributed by atoms with Gasteiger partial charge in [0.25, 0.3) is 0 Å². The van der Waals surface area contributed by atoms with E-state index in [9.17, 15) is 0 Å². The van der Waals surface area contributed by atoms with E-state index in [1.807, 2.05) is 12.3 Å². The largest absolute Gasteiger partial charge is 0.384 e. The van der Waals surface area contributed by atoms with Gasteiger partial charge < -0.3 is 10.5 Å². The van der Waals surface area contributed by atoms with Crippen LogP contribution in [0.2, 0.25) is 0 Å². The summed E-state index contributed by atoms with van der Waals surface area (Å²) in [5, 5.41) is 3.30. The van der Waals surface area contributed by atoms with E-state index in [2.05, 4.69) is 28.3 Å². The second-order valence-electron chi connectivity index (χ2n) is 7.10. The molecular formula is C20H29N3OS.